The van der Waals surface area contributed by atoms with Crippen molar-refractivity contribution in [3.8, 4) is 0 Å². The molecule has 7 nitrogen and oxygen atoms in total. The molecule has 30 heavy (non-hydrogen) atoms. The van der Waals surface area contributed by atoms with E-state index in [4.69, 9.17) is 0 Å². The summed E-state index contributed by atoms with van der Waals surface area (Å²) >= 11 is 0. The lowest BCUT2D eigenvalue weighted by Crippen LogP contribution is -2.22. The van der Waals surface area contributed by atoms with Crippen LogP contribution in [0.15, 0.2) is 53.6 Å². The van der Waals surface area contributed by atoms with Gasteiger partial charge in [0.05, 0.1) is 17.6 Å². The molecule has 0 aliphatic rings. The lowest BCUT2D eigenvalue weighted by atomic mass is 10.2. The summed E-state index contributed by atoms with van der Waals surface area (Å²) in [6, 6.07) is 8.61. The molecule has 0 bridgehead atoms. The second kappa shape index (κ2) is 8.33. The van der Waals surface area contributed by atoms with Gasteiger partial charge in [-0.15, -0.1) is 0 Å². The maximum absolute atomic E-state index is 14.0. The highest BCUT2D eigenvalue weighted by molar-refractivity contribution is 7.89. The number of sulfonamides is 1. The van der Waals surface area contributed by atoms with Crippen molar-refractivity contribution in [2.24, 2.45) is 0 Å². The topological polar surface area (TPSA) is 84.3 Å². The van der Waals surface area contributed by atoms with Gasteiger partial charge >= 0.3 is 0 Å². The van der Waals surface area contributed by atoms with Gasteiger partial charge in [0.15, 0.2) is 0 Å². The van der Waals surface area contributed by atoms with Gasteiger partial charge in [-0.05, 0) is 49.4 Å². The average Bonchev–Trinajstić information content (AvgIpc) is 3.04. The van der Waals surface area contributed by atoms with Crippen LogP contribution >= 0.6 is 0 Å². The summed E-state index contributed by atoms with van der Waals surface area (Å²) in [5.74, 6) is -1.32. The van der Waals surface area contributed by atoms with Crippen molar-refractivity contribution in [3.63, 3.8) is 0 Å². The van der Waals surface area contributed by atoms with E-state index in [1.807, 2.05) is 0 Å². The molecule has 0 saturated heterocycles. The van der Waals surface area contributed by atoms with Crippen LogP contribution < -0.4 is 5.32 Å². The predicted octanol–water partition coefficient (Wildman–Crippen LogP) is 3.02. The second-order valence-electron chi connectivity index (χ2n) is 6.84. The van der Waals surface area contributed by atoms with Crippen LogP contribution in [-0.2, 0) is 16.6 Å². The number of aromatic nitrogens is 2. The molecule has 1 amide bonds. The summed E-state index contributed by atoms with van der Waals surface area (Å²) in [7, 11) is -0.768. The Kier molecular flexibility index (Phi) is 5.99. The predicted molar refractivity (Wildman–Crippen MR) is 108 cm³/mol. The van der Waals surface area contributed by atoms with Crippen molar-refractivity contribution in [1.29, 1.82) is 0 Å². The first-order valence-electron chi connectivity index (χ1n) is 8.90. The summed E-state index contributed by atoms with van der Waals surface area (Å²) in [5.41, 5.74) is 0.954. The Morgan fingerprint density at radius 2 is 1.80 bits per heavy atom. The van der Waals surface area contributed by atoms with Crippen LogP contribution in [0.5, 0.6) is 0 Å². The number of hydrogen-bond acceptors (Lipinski definition) is 4. The number of nitrogens with one attached hydrogen (secondary N) is 1. The third kappa shape index (κ3) is 4.39. The minimum absolute atomic E-state index is 0.0619. The molecule has 3 aromatic rings. The van der Waals surface area contributed by atoms with Gasteiger partial charge in [-0.2, -0.15) is 5.10 Å². The number of nitrogens with zero attached hydrogens (tertiary/aromatic N) is 3. The Morgan fingerprint density at radius 1 is 1.13 bits per heavy atom. The molecule has 3 rings (SSSR count). The Morgan fingerprint density at radius 3 is 2.43 bits per heavy atom. The van der Waals surface area contributed by atoms with E-state index >= 15 is 0 Å². The molecule has 1 heterocycles. The summed E-state index contributed by atoms with van der Waals surface area (Å²) in [5, 5.41) is 6.82. The van der Waals surface area contributed by atoms with E-state index in [0.29, 0.717) is 11.4 Å². The number of aryl methyl sites for hydroxylation is 1. The molecule has 0 spiro atoms. The number of halogens is 2. The Labute approximate surface area is 173 Å². The van der Waals surface area contributed by atoms with Gasteiger partial charge in [0.25, 0.3) is 5.91 Å². The Hall–Kier alpha value is -3.11. The number of hydrogen-bond donors (Lipinski definition) is 1. The van der Waals surface area contributed by atoms with Crippen LogP contribution in [0.3, 0.4) is 0 Å². The van der Waals surface area contributed by atoms with Gasteiger partial charge in [0.2, 0.25) is 10.0 Å². The van der Waals surface area contributed by atoms with Gasteiger partial charge in [-0.1, -0.05) is 0 Å². The highest BCUT2D eigenvalue weighted by atomic mass is 32.2. The van der Waals surface area contributed by atoms with Gasteiger partial charge < -0.3 is 5.32 Å². The molecule has 0 atom stereocenters. The molecule has 0 aliphatic carbocycles. The molecule has 10 heteroatoms. The van der Waals surface area contributed by atoms with Gasteiger partial charge in [-0.25, -0.2) is 26.2 Å². The summed E-state index contributed by atoms with van der Waals surface area (Å²) in [6.45, 7) is 1.64. The Balaban J connectivity index is 1.82. The third-order valence-electron chi connectivity index (χ3n) is 4.48. The highest BCUT2D eigenvalue weighted by Crippen LogP contribution is 2.20. The largest absolute Gasteiger partial charge is 0.307 e. The smallest absolute Gasteiger partial charge is 0.256 e. The van der Waals surface area contributed by atoms with Gasteiger partial charge in [0.1, 0.15) is 17.5 Å². The maximum Gasteiger partial charge on any atom is 0.256 e. The summed E-state index contributed by atoms with van der Waals surface area (Å²) in [6.07, 6.45) is 1.50. The SMILES string of the molecule is Cc1cnn(Cc2cc(F)ccc2F)c1NC(=O)c1ccc(S(=O)(=O)N(C)C)cc1. The number of anilines is 1. The van der Waals surface area contributed by atoms with E-state index in [2.05, 4.69) is 10.4 Å². The van der Waals surface area contributed by atoms with Crippen LogP contribution in [0.1, 0.15) is 21.5 Å². The van der Waals surface area contributed by atoms with E-state index in [-0.39, 0.29) is 22.6 Å². The minimum Gasteiger partial charge on any atom is -0.307 e. The van der Waals surface area contributed by atoms with Gasteiger partial charge in [0, 0.05) is 30.8 Å². The van der Waals surface area contributed by atoms with Crippen LogP contribution in [0.25, 0.3) is 0 Å². The lowest BCUT2D eigenvalue weighted by Gasteiger charge is -2.13. The number of carbonyl (C=O) groups is 1. The monoisotopic (exact) mass is 434 g/mol. The van der Waals surface area contributed by atoms with Crippen LogP contribution in [0.2, 0.25) is 0 Å². The molecule has 0 radical (unpaired) electrons. The molecule has 158 valence electrons. The molecule has 0 fully saturated rings. The molecule has 0 aliphatic heterocycles. The molecule has 1 aromatic heterocycles. The molecule has 0 unspecified atom stereocenters. The van der Waals surface area contributed by atoms with E-state index in [9.17, 15) is 22.0 Å². The van der Waals surface area contributed by atoms with Crippen molar-refractivity contribution >= 4 is 21.7 Å². The first kappa shape index (κ1) is 21.6. The van der Waals surface area contributed by atoms with Crippen LogP contribution in [-0.4, -0.2) is 42.5 Å². The quantitative estimate of drug-likeness (QED) is 0.646. The van der Waals surface area contributed by atoms with Crippen molar-refractivity contribution in [2.75, 3.05) is 19.4 Å². The normalized spacial score (nSPS) is 11.7. The second-order valence-corrected chi connectivity index (χ2v) is 8.99. The summed E-state index contributed by atoms with van der Waals surface area (Å²) < 4.78 is 54.1. The maximum atomic E-state index is 14.0. The first-order valence-corrected chi connectivity index (χ1v) is 10.3. The fourth-order valence-electron chi connectivity index (χ4n) is 2.76. The number of carbonyl (C=O) groups excluding carboxylic acids is 1. The number of benzene rings is 2. The third-order valence-corrected chi connectivity index (χ3v) is 6.31. The van der Waals surface area contributed by atoms with E-state index in [1.54, 1.807) is 6.92 Å². The number of amides is 1. The van der Waals surface area contributed by atoms with Gasteiger partial charge in [-0.3, -0.25) is 4.79 Å². The zero-order valence-electron chi connectivity index (χ0n) is 16.6. The minimum atomic E-state index is -3.60. The molecule has 2 aromatic carbocycles. The molecular weight excluding hydrogens is 414 g/mol. The molecular formula is C20H20F2N4O3S. The van der Waals surface area contributed by atoms with Crippen molar-refractivity contribution < 1.29 is 22.0 Å². The number of rotatable bonds is 6. The average molecular weight is 434 g/mol. The van der Waals surface area contributed by atoms with E-state index in [0.717, 1.165) is 22.5 Å². The van der Waals surface area contributed by atoms with E-state index < -0.39 is 27.6 Å². The van der Waals surface area contributed by atoms with Crippen molar-refractivity contribution in [3.05, 3.63) is 77.0 Å². The lowest BCUT2D eigenvalue weighted by molar-refractivity contribution is 0.102. The highest BCUT2D eigenvalue weighted by Gasteiger charge is 2.19. The zero-order chi connectivity index (χ0) is 22.1. The standard InChI is InChI=1S/C20H20F2N4O3S/c1-13-11-23-26(12-15-10-16(21)6-9-18(15)22)19(13)24-20(27)14-4-7-17(8-5-14)30(28,29)25(2)3/h4-11H,12H2,1-3H3,(H,24,27). The fraction of sp³-hybridized carbons (Fsp3) is 0.200. The van der Waals surface area contributed by atoms with Crippen LogP contribution in [0.4, 0.5) is 14.6 Å². The molecule has 1 N–H and O–H groups in total. The first-order chi connectivity index (χ1) is 14.1. The molecule has 0 saturated carbocycles. The van der Waals surface area contributed by atoms with Crippen molar-refractivity contribution in [1.82, 2.24) is 14.1 Å². The van der Waals surface area contributed by atoms with Crippen molar-refractivity contribution in [2.45, 2.75) is 18.4 Å². The Bertz CT molecular complexity index is 1190. The van der Waals surface area contributed by atoms with E-state index in [1.165, 1.54) is 49.2 Å². The summed E-state index contributed by atoms with van der Waals surface area (Å²) in [4.78, 5) is 12.7. The van der Waals surface area contributed by atoms with Crippen LogP contribution in [0, 0.1) is 18.6 Å². The zero-order valence-corrected chi connectivity index (χ0v) is 17.4. The fourth-order valence-corrected chi connectivity index (χ4v) is 3.66.